The molecule has 0 unspecified atom stereocenters. The normalized spacial score (nSPS) is 15.2. The summed E-state index contributed by atoms with van der Waals surface area (Å²) in [7, 11) is 1.97. The molecule has 1 aliphatic carbocycles. The van der Waals surface area contributed by atoms with Crippen LogP contribution in [0.25, 0.3) is 0 Å². The van der Waals surface area contributed by atoms with Gasteiger partial charge in [-0.05, 0) is 18.9 Å². The molecular formula is C9H13N5. The number of nitrogens with two attached hydrogens (primary N) is 1. The molecule has 1 aliphatic rings. The van der Waals surface area contributed by atoms with E-state index < -0.39 is 0 Å². The summed E-state index contributed by atoms with van der Waals surface area (Å²) in [6.07, 6.45) is 3.93. The predicted octanol–water partition coefficient (Wildman–Crippen LogP) is 0.359. The first-order valence-electron chi connectivity index (χ1n) is 4.59. The maximum absolute atomic E-state index is 7.41. The molecule has 1 fully saturated rings. The lowest BCUT2D eigenvalue weighted by molar-refractivity contribution is 0.858. The van der Waals surface area contributed by atoms with Crippen LogP contribution in [-0.2, 0) is 0 Å². The van der Waals surface area contributed by atoms with Crippen LogP contribution >= 0.6 is 0 Å². The van der Waals surface area contributed by atoms with Gasteiger partial charge in [0, 0.05) is 13.1 Å². The minimum atomic E-state index is 0.0439. The Hall–Kier alpha value is -1.65. The fourth-order valence-corrected chi connectivity index (χ4v) is 1.43. The largest absolute Gasteiger partial charge is 0.384 e. The molecule has 0 bridgehead atoms. The summed E-state index contributed by atoms with van der Waals surface area (Å²) in [6.45, 7) is 0. The Morgan fingerprint density at radius 2 is 2.36 bits per heavy atom. The van der Waals surface area contributed by atoms with E-state index in [0.717, 1.165) is 0 Å². The molecule has 5 heteroatoms. The van der Waals surface area contributed by atoms with Crippen molar-refractivity contribution in [1.82, 2.24) is 10.2 Å². The van der Waals surface area contributed by atoms with Crippen molar-refractivity contribution in [1.29, 1.82) is 5.41 Å². The van der Waals surface area contributed by atoms with E-state index >= 15 is 0 Å². The van der Waals surface area contributed by atoms with Gasteiger partial charge in [0.1, 0.15) is 5.84 Å². The van der Waals surface area contributed by atoms with Crippen molar-refractivity contribution in [3.8, 4) is 0 Å². The fraction of sp³-hybridized carbons (Fsp3) is 0.444. The standard InChI is InChI=1S/C9H13N5/c1-14(6-2-3-6)9-7(8(10)11)4-5-12-13-9/h4-6H,2-3H2,1H3,(H3,10,11). The quantitative estimate of drug-likeness (QED) is 0.534. The van der Waals surface area contributed by atoms with E-state index in [1.807, 2.05) is 11.9 Å². The van der Waals surface area contributed by atoms with Crippen molar-refractivity contribution >= 4 is 11.7 Å². The second kappa shape index (κ2) is 3.25. The third kappa shape index (κ3) is 1.53. The number of nitrogens with zero attached hydrogens (tertiary/aromatic N) is 3. The van der Waals surface area contributed by atoms with E-state index in [9.17, 15) is 0 Å². The highest BCUT2D eigenvalue weighted by molar-refractivity contribution is 5.99. The molecule has 1 saturated carbocycles. The first-order valence-corrected chi connectivity index (χ1v) is 4.59. The van der Waals surface area contributed by atoms with Gasteiger partial charge in [-0.2, -0.15) is 5.10 Å². The van der Waals surface area contributed by atoms with Crippen LogP contribution in [-0.4, -0.2) is 29.1 Å². The second-order valence-corrected chi connectivity index (χ2v) is 3.52. The van der Waals surface area contributed by atoms with Crippen LogP contribution in [0.2, 0.25) is 0 Å². The van der Waals surface area contributed by atoms with Crippen molar-refractivity contribution in [2.45, 2.75) is 18.9 Å². The molecule has 0 amide bonds. The third-order valence-electron chi connectivity index (χ3n) is 2.42. The van der Waals surface area contributed by atoms with Gasteiger partial charge >= 0.3 is 0 Å². The SMILES string of the molecule is CN(c1nnccc1C(=N)N)C1CC1. The third-order valence-corrected chi connectivity index (χ3v) is 2.42. The summed E-state index contributed by atoms with van der Waals surface area (Å²) in [4.78, 5) is 2.05. The summed E-state index contributed by atoms with van der Waals surface area (Å²) >= 11 is 0. The first kappa shape index (κ1) is 8.93. The van der Waals surface area contributed by atoms with E-state index in [1.54, 1.807) is 12.3 Å². The lowest BCUT2D eigenvalue weighted by Gasteiger charge is -2.18. The molecule has 1 aromatic rings. The zero-order chi connectivity index (χ0) is 10.1. The van der Waals surface area contributed by atoms with Crippen LogP contribution in [0.5, 0.6) is 0 Å². The Morgan fingerprint density at radius 1 is 1.64 bits per heavy atom. The highest BCUT2D eigenvalue weighted by Crippen LogP contribution is 2.30. The summed E-state index contributed by atoms with van der Waals surface area (Å²) in [5.74, 6) is 0.755. The molecule has 74 valence electrons. The first-order chi connectivity index (χ1) is 6.70. The van der Waals surface area contributed by atoms with Crippen molar-refractivity contribution in [2.24, 2.45) is 5.73 Å². The van der Waals surface area contributed by atoms with E-state index in [4.69, 9.17) is 11.1 Å². The molecule has 1 heterocycles. The predicted molar refractivity (Wildman–Crippen MR) is 54.5 cm³/mol. The maximum Gasteiger partial charge on any atom is 0.162 e. The second-order valence-electron chi connectivity index (χ2n) is 3.52. The monoisotopic (exact) mass is 191 g/mol. The average Bonchev–Trinajstić information content (AvgIpc) is 3.00. The minimum absolute atomic E-state index is 0.0439. The lowest BCUT2D eigenvalue weighted by Crippen LogP contribution is -2.25. The number of nitrogens with one attached hydrogen (secondary N) is 1. The molecule has 14 heavy (non-hydrogen) atoms. The number of hydrogen-bond donors (Lipinski definition) is 2. The molecule has 3 N–H and O–H groups in total. The molecule has 1 aromatic heterocycles. The molecule has 0 aliphatic heterocycles. The molecule has 0 aromatic carbocycles. The van der Waals surface area contributed by atoms with Gasteiger partial charge < -0.3 is 10.6 Å². The number of aromatic nitrogens is 2. The zero-order valence-corrected chi connectivity index (χ0v) is 8.07. The van der Waals surface area contributed by atoms with E-state index in [1.165, 1.54) is 12.8 Å². The van der Waals surface area contributed by atoms with Crippen LogP contribution in [0, 0.1) is 5.41 Å². The van der Waals surface area contributed by atoms with E-state index in [0.29, 0.717) is 17.4 Å². The summed E-state index contributed by atoms with van der Waals surface area (Å²) in [5.41, 5.74) is 6.12. The van der Waals surface area contributed by atoms with Gasteiger partial charge in [0.15, 0.2) is 5.82 Å². The van der Waals surface area contributed by atoms with Crippen LogP contribution in [0.1, 0.15) is 18.4 Å². The summed E-state index contributed by atoms with van der Waals surface area (Å²) in [6, 6.07) is 2.27. The number of hydrogen-bond acceptors (Lipinski definition) is 4. The van der Waals surface area contributed by atoms with E-state index in [2.05, 4.69) is 10.2 Å². The van der Waals surface area contributed by atoms with Crippen LogP contribution in [0.4, 0.5) is 5.82 Å². The molecule has 5 nitrogen and oxygen atoms in total. The summed E-state index contributed by atoms with van der Waals surface area (Å²) in [5, 5.41) is 15.2. The van der Waals surface area contributed by atoms with Gasteiger partial charge in [0.05, 0.1) is 11.8 Å². The van der Waals surface area contributed by atoms with Gasteiger partial charge in [-0.1, -0.05) is 0 Å². The minimum Gasteiger partial charge on any atom is -0.384 e. The molecule has 0 atom stereocenters. The Labute approximate surface area is 82.4 Å². The van der Waals surface area contributed by atoms with Crippen LogP contribution in [0.3, 0.4) is 0 Å². The Bertz CT molecular complexity index is 358. The smallest absolute Gasteiger partial charge is 0.162 e. The summed E-state index contributed by atoms with van der Waals surface area (Å²) < 4.78 is 0. The number of nitrogen functional groups attached to an aromatic ring is 1. The Kier molecular flexibility index (Phi) is 2.07. The average molecular weight is 191 g/mol. The fourth-order valence-electron chi connectivity index (χ4n) is 1.43. The zero-order valence-electron chi connectivity index (χ0n) is 8.07. The van der Waals surface area contributed by atoms with Gasteiger partial charge in [-0.25, -0.2) is 0 Å². The molecule has 0 spiro atoms. The maximum atomic E-state index is 7.41. The molecule has 0 radical (unpaired) electrons. The van der Waals surface area contributed by atoms with Gasteiger partial charge in [-0.3, -0.25) is 5.41 Å². The van der Waals surface area contributed by atoms with E-state index in [-0.39, 0.29) is 5.84 Å². The van der Waals surface area contributed by atoms with Gasteiger partial charge in [0.2, 0.25) is 0 Å². The Morgan fingerprint density at radius 3 is 2.93 bits per heavy atom. The highest BCUT2D eigenvalue weighted by atomic mass is 15.3. The van der Waals surface area contributed by atoms with Crippen molar-refractivity contribution in [2.75, 3.05) is 11.9 Å². The van der Waals surface area contributed by atoms with Crippen molar-refractivity contribution in [3.05, 3.63) is 17.8 Å². The highest BCUT2D eigenvalue weighted by Gasteiger charge is 2.28. The molecule has 2 rings (SSSR count). The number of amidine groups is 1. The molecular weight excluding hydrogens is 178 g/mol. The van der Waals surface area contributed by atoms with Gasteiger partial charge in [0.25, 0.3) is 0 Å². The topological polar surface area (TPSA) is 78.9 Å². The van der Waals surface area contributed by atoms with Crippen LogP contribution < -0.4 is 10.6 Å². The molecule has 0 saturated heterocycles. The van der Waals surface area contributed by atoms with Gasteiger partial charge in [-0.15, -0.1) is 5.10 Å². The lowest BCUT2D eigenvalue weighted by atomic mass is 10.2. The number of rotatable bonds is 3. The van der Waals surface area contributed by atoms with Crippen LogP contribution in [0.15, 0.2) is 12.3 Å². The Balaban J connectivity index is 2.34. The number of anilines is 1. The van der Waals surface area contributed by atoms with Crippen molar-refractivity contribution in [3.63, 3.8) is 0 Å². The van der Waals surface area contributed by atoms with Crippen molar-refractivity contribution < 1.29 is 0 Å².